The second-order valence-corrected chi connectivity index (χ2v) is 2.21. The predicted molar refractivity (Wildman–Crippen MR) is 51.5 cm³/mol. The van der Waals surface area contributed by atoms with Crippen molar-refractivity contribution >= 4 is 138 Å². The van der Waals surface area contributed by atoms with Crippen LogP contribution in [0.1, 0.15) is 0 Å². The van der Waals surface area contributed by atoms with Crippen LogP contribution < -0.4 is 5.32 Å². The summed E-state index contributed by atoms with van der Waals surface area (Å²) in [7, 11) is 0. The first-order chi connectivity index (χ1) is 3.63. The first kappa shape index (κ1) is 18.7. The Kier molecular flexibility index (Phi) is 22.4. The van der Waals surface area contributed by atoms with Crippen LogP contribution in [0, 0.1) is 0 Å². The summed E-state index contributed by atoms with van der Waals surface area (Å²) in [6, 6.07) is 0. The van der Waals surface area contributed by atoms with Crippen molar-refractivity contribution in [2.24, 2.45) is 0 Å². The summed E-state index contributed by atoms with van der Waals surface area (Å²) in [5.41, 5.74) is 0. The average Bonchev–Trinajstić information content (AvgIpc) is 1.61. The van der Waals surface area contributed by atoms with E-state index in [2.05, 4.69) is 30.2 Å². The van der Waals surface area contributed by atoms with Crippen molar-refractivity contribution in [3.63, 3.8) is 0 Å². The number of carboxylic acids is 1. The Balaban J connectivity index is -0.000000245. The van der Waals surface area contributed by atoms with Gasteiger partial charge in [-0.3, -0.25) is 4.79 Å². The molecule has 0 atom stereocenters. The molecule has 0 aromatic rings. The number of thiocarbonyl (C=S) groups is 1. The molecule has 0 aromatic carbocycles. The van der Waals surface area contributed by atoms with Gasteiger partial charge in [-0.2, -0.15) is 0 Å². The van der Waals surface area contributed by atoms with Gasteiger partial charge in [-0.25, -0.2) is 0 Å². The van der Waals surface area contributed by atoms with Gasteiger partial charge in [0.15, 0.2) is 0 Å². The first-order valence-corrected chi connectivity index (χ1v) is 2.67. The second kappa shape index (κ2) is 12.0. The van der Waals surface area contributed by atoms with E-state index >= 15 is 0 Å². The fourth-order valence-corrected chi connectivity index (χ4v) is 0.302. The normalized spacial score (nSPS) is 6.50. The zero-order valence-electron chi connectivity index (χ0n) is 3.92. The van der Waals surface area contributed by atoms with Gasteiger partial charge in [0.1, 0.15) is 10.9 Å². The van der Waals surface area contributed by atoms with Crippen molar-refractivity contribution < 1.29 is 9.90 Å². The van der Waals surface area contributed by atoms with Gasteiger partial charge < -0.3 is 10.4 Å². The average molecular weight is 231 g/mol. The maximum absolute atomic E-state index is 9.75. The molecular formula is C3H7K2NO2S2. The third-order valence-electron chi connectivity index (χ3n) is 0.391. The first-order valence-electron chi connectivity index (χ1n) is 1.81. The van der Waals surface area contributed by atoms with Crippen molar-refractivity contribution in [1.82, 2.24) is 5.32 Å². The van der Waals surface area contributed by atoms with Crippen LogP contribution in [0.15, 0.2) is 0 Å². The van der Waals surface area contributed by atoms with Crippen LogP contribution in [0.25, 0.3) is 0 Å². The van der Waals surface area contributed by atoms with Gasteiger partial charge in [0.2, 0.25) is 0 Å². The van der Waals surface area contributed by atoms with Gasteiger partial charge in [0.25, 0.3) is 0 Å². The maximum atomic E-state index is 9.75. The second-order valence-electron chi connectivity index (χ2n) is 1.05. The van der Waals surface area contributed by atoms with Crippen LogP contribution in [0.3, 0.4) is 0 Å². The number of nitrogens with one attached hydrogen (secondary N) is 1. The molecule has 0 aliphatic carbocycles. The van der Waals surface area contributed by atoms with Gasteiger partial charge in [0.05, 0.1) is 0 Å². The molecule has 0 spiro atoms. The molecule has 0 fully saturated rings. The van der Waals surface area contributed by atoms with E-state index in [-0.39, 0.29) is 114 Å². The van der Waals surface area contributed by atoms with Crippen molar-refractivity contribution in [2.75, 3.05) is 6.54 Å². The van der Waals surface area contributed by atoms with Gasteiger partial charge in [-0.15, -0.1) is 12.6 Å². The van der Waals surface area contributed by atoms with E-state index in [9.17, 15) is 4.79 Å². The van der Waals surface area contributed by atoms with Crippen LogP contribution in [0.2, 0.25) is 0 Å². The Morgan fingerprint density at radius 2 is 2.00 bits per heavy atom. The molecule has 0 rings (SSSR count). The molecule has 0 aliphatic rings. The number of thiol groups is 1. The van der Waals surface area contributed by atoms with E-state index in [0.717, 1.165) is 0 Å². The molecule has 0 saturated carbocycles. The molecule has 0 unspecified atom stereocenters. The van der Waals surface area contributed by atoms with E-state index < -0.39 is 5.97 Å². The third-order valence-corrected chi connectivity index (χ3v) is 0.693. The topological polar surface area (TPSA) is 49.3 Å². The fraction of sp³-hybridized carbons (Fsp3) is 0.333. The molecule has 0 bridgehead atoms. The molecule has 7 heteroatoms. The number of carbonyl (C=O) groups is 1. The SMILES string of the molecule is O=C(O)CNC(=S)S.[KH].[KH]. The van der Waals surface area contributed by atoms with Crippen LogP contribution in [0.5, 0.6) is 0 Å². The molecule has 0 heterocycles. The van der Waals surface area contributed by atoms with Crippen molar-refractivity contribution in [3.05, 3.63) is 0 Å². The number of hydrogen-bond acceptors (Lipinski definition) is 2. The minimum absolute atomic E-state index is 0. The third kappa shape index (κ3) is 17.2. The molecule has 3 nitrogen and oxygen atoms in total. The Hall–Kier alpha value is 2.98. The quantitative estimate of drug-likeness (QED) is 0.310. The van der Waals surface area contributed by atoms with Gasteiger partial charge in [0, 0.05) is 0 Å². The molecule has 50 valence electrons. The summed E-state index contributed by atoms with van der Waals surface area (Å²) in [5, 5.41) is 10.3. The zero-order chi connectivity index (χ0) is 6.57. The van der Waals surface area contributed by atoms with Crippen LogP contribution >= 0.6 is 24.8 Å². The fourth-order valence-electron chi connectivity index (χ4n) is 0.151. The number of rotatable bonds is 2. The molecular weight excluding hydrogens is 224 g/mol. The number of aliphatic carboxylic acids is 1. The molecule has 2 N–H and O–H groups in total. The number of hydrogen-bond donors (Lipinski definition) is 3. The Morgan fingerprint density at radius 1 is 1.60 bits per heavy atom. The molecule has 0 amide bonds. The Morgan fingerprint density at radius 3 is 2.10 bits per heavy atom. The summed E-state index contributed by atoms with van der Waals surface area (Å²) in [4.78, 5) is 9.75. The van der Waals surface area contributed by atoms with Crippen LogP contribution in [-0.2, 0) is 4.79 Å². The van der Waals surface area contributed by atoms with Crippen molar-refractivity contribution in [3.8, 4) is 0 Å². The monoisotopic (exact) mass is 231 g/mol. The van der Waals surface area contributed by atoms with Gasteiger partial charge in [-0.05, 0) is 0 Å². The van der Waals surface area contributed by atoms with Crippen molar-refractivity contribution in [1.29, 1.82) is 0 Å². The van der Waals surface area contributed by atoms with Crippen LogP contribution in [-0.4, -0.2) is 125 Å². The molecule has 0 radical (unpaired) electrons. The molecule has 0 aromatic heterocycles. The summed E-state index contributed by atoms with van der Waals surface area (Å²) < 4.78 is 0.201. The Bertz CT molecular complexity index is 107. The number of carboxylic acid groups (broad SMARTS) is 1. The molecule has 10 heavy (non-hydrogen) atoms. The molecule has 0 aliphatic heterocycles. The summed E-state index contributed by atoms with van der Waals surface area (Å²) >= 11 is 8.03. The Labute approximate surface area is 155 Å². The standard InChI is InChI=1S/C3H5NO2S2.2K.2H/c5-2(6)1-4-3(7)8;;;;/h1H2,(H,5,6)(H2,4,7,8);;;;. The summed E-state index contributed by atoms with van der Waals surface area (Å²) in [6.07, 6.45) is 0. The summed E-state index contributed by atoms with van der Waals surface area (Å²) in [5.74, 6) is -0.943. The molecule has 0 saturated heterocycles. The van der Waals surface area contributed by atoms with Crippen molar-refractivity contribution in [2.45, 2.75) is 0 Å². The zero-order valence-corrected chi connectivity index (χ0v) is 5.63. The van der Waals surface area contributed by atoms with E-state index in [1.165, 1.54) is 0 Å². The van der Waals surface area contributed by atoms with E-state index in [1.54, 1.807) is 0 Å². The van der Waals surface area contributed by atoms with Gasteiger partial charge >= 0.3 is 109 Å². The van der Waals surface area contributed by atoms with E-state index in [0.29, 0.717) is 0 Å². The van der Waals surface area contributed by atoms with E-state index in [4.69, 9.17) is 5.11 Å². The minimum atomic E-state index is -0.943. The predicted octanol–water partition coefficient (Wildman–Crippen LogP) is -1.42. The summed E-state index contributed by atoms with van der Waals surface area (Å²) in [6.45, 7) is -0.164. The van der Waals surface area contributed by atoms with Crippen LogP contribution in [0.4, 0.5) is 0 Å². The van der Waals surface area contributed by atoms with Gasteiger partial charge in [-0.1, -0.05) is 12.2 Å². The van der Waals surface area contributed by atoms with E-state index in [1.807, 2.05) is 0 Å².